The van der Waals surface area contributed by atoms with E-state index in [1.807, 2.05) is 77.7 Å². The number of carbonyl (C=O) groups excluding carboxylic acids is 2. The molecule has 0 bridgehead atoms. The lowest BCUT2D eigenvalue weighted by Gasteiger charge is -2.51. The molecule has 0 spiro atoms. The van der Waals surface area contributed by atoms with Gasteiger partial charge in [0.2, 0.25) is 0 Å². The molecule has 334 valence electrons. The standard InChI is InChI=1S/C27H29N5O2.C25H23N5O2/c1-26(2)18-28-14-15-32(26)27(13-12-19-6-4-3-5-7-19)24-21(17-33)16-23(29-25(24)30-31-27)20-8-10-22(34)11-9-20;31-19-9-7-18(8-10-19)22-16-20(25(32)30-14-12-26-13-15-30)23-21(28-29-24(23)27-22)11-6-17-4-2-1-3-5-17/h3-13,16-17,28,31,34H,14-15,18H2,1-2H3,(H,29,30);1-11,16,26,31H,12-15H2,(H,27,28,29). The molecule has 2 fully saturated rings. The topological polar surface area (TPSA) is 184 Å². The number of anilines is 1. The molecule has 1 atom stereocenters. The molecule has 0 radical (unpaired) electrons. The molecule has 6 heterocycles. The van der Waals surface area contributed by atoms with Gasteiger partial charge in [0.1, 0.15) is 23.0 Å². The zero-order chi connectivity index (χ0) is 45.7. The second-order valence-electron chi connectivity index (χ2n) is 17.1. The number of pyridine rings is 2. The Morgan fingerprint density at radius 1 is 0.712 bits per heavy atom. The Morgan fingerprint density at radius 3 is 1.94 bits per heavy atom. The zero-order valence-electron chi connectivity index (χ0n) is 36.8. The van der Waals surface area contributed by atoms with Crippen molar-refractivity contribution in [1.29, 1.82) is 0 Å². The van der Waals surface area contributed by atoms with Crippen LogP contribution in [0.3, 0.4) is 0 Å². The summed E-state index contributed by atoms with van der Waals surface area (Å²) in [4.78, 5) is 39.8. The van der Waals surface area contributed by atoms with Crippen molar-refractivity contribution in [3.05, 3.63) is 161 Å². The lowest BCUT2D eigenvalue weighted by molar-refractivity contribution is -0.00831. The number of rotatable bonds is 9. The molecule has 14 nitrogen and oxygen atoms in total. The number of aromatic nitrogens is 4. The number of hydrazine groups is 1. The van der Waals surface area contributed by atoms with Crippen molar-refractivity contribution in [3.63, 3.8) is 0 Å². The molecule has 0 saturated carbocycles. The van der Waals surface area contributed by atoms with Crippen LogP contribution in [0.25, 0.3) is 51.8 Å². The fourth-order valence-corrected chi connectivity index (χ4v) is 8.88. The van der Waals surface area contributed by atoms with Crippen LogP contribution in [-0.2, 0) is 5.66 Å². The number of piperazine rings is 2. The average molecular weight is 881 g/mol. The number of carbonyl (C=O) groups is 2. The predicted molar refractivity (Wildman–Crippen MR) is 259 cm³/mol. The van der Waals surface area contributed by atoms with Crippen LogP contribution in [0.15, 0.2) is 127 Å². The first-order valence-corrected chi connectivity index (χ1v) is 22.1. The summed E-state index contributed by atoms with van der Waals surface area (Å²) in [6.45, 7) is 9.73. The lowest BCUT2D eigenvalue weighted by atomic mass is 9.87. The third-order valence-electron chi connectivity index (χ3n) is 12.2. The highest BCUT2D eigenvalue weighted by Crippen LogP contribution is 2.44. The molecule has 4 aromatic carbocycles. The number of aldehydes is 1. The molecule has 2 saturated heterocycles. The second kappa shape index (κ2) is 18.9. The van der Waals surface area contributed by atoms with Crippen LogP contribution < -0.4 is 21.5 Å². The molecule has 1 amide bonds. The Labute approximate surface area is 383 Å². The van der Waals surface area contributed by atoms with Crippen molar-refractivity contribution in [1.82, 2.24) is 46.0 Å². The molecule has 66 heavy (non-hydrogen) atoms. The number of nitrogens with one attached hydrogen (secondary N) is 5. The van der Waals surface area contributed by atoms with Crippen molar-refractivity contribution in [2.45, 2.75) is 25.0 Å². The largest absolute Gasteiger partial charge is 0.508 e. The number of H-pyrrole nitrogens is 1. The summed E-state index contributed by atoms with van der Waals surface area (Å²) < 4.78 is 0. The van der Waals surface area contributed by atoms with Crippen molar-refractivity contribution >= 4 is 47.3 Å². The molecule has 1 unspecified atom stereocenters. The number of hydrogen-bond acceptors (Lipinski definition) is 12. The minimum absolute atomic E-state index is 0.0327. The normalized spacial score (nSPS) is 18.2. The SMILES string of the molecule is CC1(C)CNCCN1C1(C=Cc2ccccc2)NNc2nc(-c3ccc(O)cc3)cc(C=O)c21.O=C(c1cc(-c2ccc(O)cc2)nc2n[nH]c(C=Cc3ccccc3)c12)N1CCNCC1. The summed E-state index contributed by atoms with van der Waals surface area (Å²) >= 11 is 0. The number of aromatic amines is 1. The van der Waals surface area contributed by atoms with Gasteiger partial charge in [0.15, 0.2) is 11.9 Å². The van der Waals surface area contributed by atoms with Gasteiger partial charge in [-0.15, -0.1) is 0 Å². The molecule has 10 rings (SSSR count). The minimum Gasteiger partial charge on any atom is -0.508 e. The van der Waals surface area contributed by atoms with Crippen molar-refractivity contribution in [2.75, 3.05) is 51.2 Å². The fourth-order valence-electron chi connectivity index (χ4n) is 8.88. The smallest absolute Gasteiger partial charge is 0.254 e. The van der Waals surface area contributed by atoms with E-state index in [2.05, 4.69) is 74.7 Å². The van der Waals surface area contributed by atoms with E-state index in [0.29, 0.717) is 52.5 Å². The number of aromatic hydroxyl groups is 2. The first-order valence-electron chi connectivity index (χ1n) is 22.1. The fraction of sp³-hybridized carbons (Fsp3) is 0.212. The van der Waals surface area contributed by atoms with Crippen LogP contribution in [0.1, 0.15) is 56.9 Å². The average Bonchev–Trinajstić information content (AvgIpc) is 3.95. The highest BCUT2D eigenvalue weighted by molar-refractivity contribution is 6.09. The molecule has 7 aromatic rings. The van der Waals surface area contributed by atoms with Crippen LogP contribution in [0, 0.1) is 0 Å². The molecule has 3 aliphatic rings. The van der Waals surface area contributed by atoms with Crippen molar-refractivity contribution in [3.8, 4) is 34.0 Å². The molecule has 7 N–H and O–H groups in total. The number of amides is 1. The quantitative estimate of drug-likeness (QED) is 0.0720. The first-order chi connectivity index (χ1) is 32.1. The van der Waals surface area contributed by atoms with Gasteiger partial charge in [0.05, 0.1) is 28.0 Å². The van der Waals surface area contributed by atoms with E-state index in [0.717, 1.165) is 72.5 Å². The summed E-state index contributed by atoms with van der Waals surface area (Å²) in [6, 6.07) is 37.4. The van der Waals surface area contributed by atoms with E-state index in [1.54, 1.807) is 48.5 Å². The number of phenolic OH excluding ortho intramolecular Hbond substituents is 2. The molecular weight excluding hydrogens is 829 g/mol. The number of nitrogens with zero attached hydrogens (tertiary/aromatic N) is 5. The Balaban J connectivity index is 0.000000166. The molecule has 14 heteroatoms. The van der Waals surface area contributed by atoms with E-state index >= 15 is 0 Å². The maximum Gasteiger partial charge on any atom is 0.254 e. The predicted octanol–water partition coefficient (Wildman–Crippen LogP) is 7.29. The third kappa shape index (κ3) is 9.08. The van der Waals surface area contributed by atoms with Gasteiger partial charge < -0.3 is 31.2 Å². The molecule has 0 aliphatic carbocycles. The van der Waals surface area contributed by atoms with Gasteiger partial charge in [-0.25, -0.2) is 15.4 Å². The van der Waals surface area contributed by atoms with Gasteiger partial charge in [0.25, 0.3) is 5.91 Å². The van der Waals surface area contributed by atoms with Crippen LogP contribution in [0.2, 0.25) is 0 Å². The Kier molecular flexibility index (Phi) is 12.5. The van der Waals surface area contributed by atoms with E-state index in [1.165, 1.54) is 0 Å². The monoisotopic (exact) mass is 880 g/mol. The summed E-state index contributed by atoms with van der Waals surface area (Å²) in [6.07, 6.45) is 9.04. The first kappa shape index (κ1) is 43.7. The van der Waals surface area contributed by atoms with Gasteiger partial charge in [-0.1, -0.05) is 72.8 Å². The van der Waals surface area contributed by atoms with Gasteiger partial charge in [-0.05, 0) is 97.8 Å². The summed E-state index contributed by atoms with van der Waals surface area (Å²) in [5.74, 6) is 0.959. The van der Waals surface area contributed by atoms with E-state index < -0.39 is 5.66 Å². The van der Waals surface area contributed by atoms with Crippen molar-refractivity contribution in [2.24, 2.45) is 0 Å². The summed E-state index contributed by atoms with van der Waals surface area (Å²) in [5, 5.41) is 34.2. The van der Waals surface area contributed by atoms with Crippen LogP contribution in [-0.4, -0.2) is 104 Å². The number of fused-ring (bicyclic) bond motifs is 2. The van der Waals surface area contributed by atoms with Gasteiger partial charge in [-0.2, -0.15) is 5.10 Å². The minimum atomic E-state index is -0.770. The van der Waals surface area contributed by atoms with Gasteiger partial charge >= 0.3 is 0 Å². The molecule has 3 aliphatic heterocycles. The lowest BCUT2D eigenvalue weighted by Crippen LogP contribution is -2.67. The van der Waals surface area contributed by atoms with E-state index in [4.69, 9.17) is 9.97 Å². The van der Waals surface area contributed by atoms with E-state index in [9.17, 15) is 19.8 Å². The Bertz CT molecular complexity index is 2890. The summed E-state index contributed by atoms with van der Waals surface area (Å²) in [5.41, 5.74) is 14.1. The summed E-state index contributed by atoms with van der Waals surface area (Å²) in [7, 11) is 0. The van der Waals surface area contributed by atoms with Crippen LogP contribution in [0.4, 0.5) is 5.82 Å². The van der Waals surface area contributed by atoms with Crippen LogP contribution in [0.5, 0.6) is 11.5 Å². The Morgan fingerprint density at radius 2 is 1.32 bits per heavy atom. The van der Waals surface area contributed by atoms with E-state index in [-0.39, 0.29) is 22.9 Å². The van der Waals surface area contributed by atoms with Gasteiger partial charge in [0, 0.05) is 73.6 Å². The van der Waals surface area contributed by atoms with Gasteiger partial charge in [-0.3, -0.25) is 19.6 Å². The maximum atomic E-state index is 13.5. The van der Waals surface area contributed by atoms with Crippen LogP contribution >= 0.6 is 0 Å². The highest BCUT2D eigenvalue weighted by atomic mass is 16.3. The second-order valence-corrected chi connectivity index (χ2v) is 17.1. The Hall–Kier alpha value is -7.49. The number of phenols is 2. The number of benzene rings is 4. The number of hydrogen-bond donors (Lipinski definition) is 7. The molecular formula is C52H52N10O4. The molecule has 3 aromatic heterocycles. The zero-order valence-corrected chi connectivity index (χ0v) is 36.8. The van der Waals surface area contributed by atoms with Crippen molar-refractivity contribution < 1.29 is 19.8 Å². The third-order valence-corrected chi connectivity index (χ3v) is 12.2. The highest BCUT2D eigenvalue weighted by Gasteiger charge is 2.50. The maximum absolute atomic E-state index is 13.5.